The number of hydrogen-bond acceptors (Lipinski definition) is 1. The van der Waals surface area contributed by atoms with E-state index in [1.165, 1.54) is 0 Å². The molecule has 0 atom stereocenters. The van der Waals surface area contributed by atoms with Crippen molar-refractivity contribution in [3.63, 3.8) is 0 Å². The first-order chi connectivity index (χ1) is 4.33. The third-order valence-corrected chi connectivity index (χ3v) is 1.50. The fourth-order valence-electron chi connectivity index (χ4n) is 0.582. The van der Waals surface area contributed by atoms with Gasteiger partial charge in [0.15, 0.2) is 3.77 Å². The van der Waals surface area contributed by atoms with E-state index in [0.29, 0.717) is 0 Å². The van der Waals surface area contributed by atoms with Crippen molar-refractivity contribution in [2.45, 2.75) is 6.92 Å². The van der Waals surface area contributed by atoms with Crippen LogP contribution in [0.5, 0.6) is 0 Å². The Morgan fingerprint density at radius 1 is 1.56 bits per heavy atom. The lowest BCUT2D eigenvalue weighted by Gasteiger charge is -1.79. The second-order valence-electron chi connectivity index (χ2n) is 1.64. The Bertz CT molecular complexity index is 212. The predicted molar refractivity (Wildman–Crippen MR) is 46.1 cm³/mol. The Kier molecular flexibility index (Phi) is 2.33. The molecule has 0 aliphatic carbocycles. The zero-order chi connectivity index (χ0) is 6.69. The second kappa shape index (κ2) is 3.06. The molecule has 1 aromatic rings. The minimum Gasteiger partial charge on any atom is -0.451 e. The molecule has 1 heterocycles. The van der Waals surface area contributed by atoms with Crippen LogP contribution in [0.15, 0.2) is 22.6 Å². The third-order valence-electron chi connectivity index (χ3n) is 0.925. The minimum absolute atomic E-state index is 0.918. The summed E-state index contributed by atoms with van der Waals surface area (Å²) in [6, 6.07) is 3.89. The second-order valence-corrected chi connectivity index (χ2v) is 2.71. The lowest BCUT2D eigenvalue weighted by Crippen LogP contribution is -1.56. The van der Waals surface area contributed by atoms with Gasteiger partial charge in [-0.2, -0.15) is 0 Å². The largest absolute Gasteiger partial charge is 0.451 e. The summed E-state index contributed by atoms with van der Waals surface area (Å²) in [6.45, 7) is 1.97. The van der Waals surface area contributed by atoms with Gasteiger partial charge in [-0.15, -0.1) is 0 Å². The van der Waals surface area contributed by atoms with E-state index in [4.69, 9.17) is 4.42 Å². The Balaban J connectivity index is 2.85. The average molecular weight is 234 g/mol. The molecule has 0 saturated heterocycles. The highest BCUT2D eigenvalue weighted by atomic mass is 127. The Hall–Kier alpha value is -0.250. The van der Waals surface area contributed by atoms with Crippen LogP contribution >= 0.6 is 22.6 Å². The van der Waals surface area contributed by atoms with Crippen LogP contribution in [0.3, 0.4) is 0 Å². The van der Waals surface area contributed by atoms with Gasteiger partial charge in [-0.25, -0.2) is 0 Å². The molecule has 0 aromatic carbocycles. The van der Waals surface area contributed by atoms with E-state index in [2.05, 4.69) is 22.6 Å². The summed E-state index contributed by atoms with van der Waals surface area (Å²) in [7, 11) is 0. The van der Waals surface area contributed by atoms with Gasteiger partial charge in [0.1, 0.15) is 5.76 Å². The first kappa shape index (κ1) is 6.86. The van der Waals surface area contributed by atoms with Crippen molar-refractivity contribution in [3.8, 4) is 0 Å². The Labute approximate surface area is 67.9 Å². The Morgan fingerprint density at radius 2 is 2.33 bits per heavy atom. The molecule has 1 rings (SSSR count). The molecule has 1 aromatic heterocycles. The summed E-state index contributed by atoms with van der Waals surface area (Å²) in [5, 5.41) is 0. The van der Waals surface area contributed by atoms with Gasteiger partial charge in [-0.3, -0.25) is 0 Å². The quantitative estimate of drug-likeness (QED) is 0.681. The van der Waals surface area contributed by atoms with Crippen LogP contribution < -0.4 is 0 Å². The molecular formula is C7H7IO. The van der Waals surface area contributed by atoms with Gasteiger partial charge in [-0.05, 0) is 47.7 Å². The molecule has 0 aliphatic rings. The molecular weight excluding hydrogens is 227 g/mol. The maximum atomic E-state index is 5.22. The molecule has 0 fully saturated rings. The SMILES string of the molecule is CC=Cc1ccc(I)o1. The minimum atomic E-state index is 0.918. The van der Waals surface area contributed by atoms with Crippen LogP contribution in [0.2, 0.25) is 0 Å². The van der Waals surface area contributed by atoms with Crippen molar-refractivity contribution < 1.29 is 4.42 Å². The van der Waals surface area contributed by atoms with Crippen LogP contribution in [-0.4, -0.2) is 0 Å². The third kappa shape index (κ3) is 1.86. The van der Waals surface area contributed by atoms with Crippen LogP contribution in [0.1, 0.15) is 12.7 Å². The maximum Gasteiger partial charge on any atom is 0.164 e. The van der Waals surface area contributed by atoms with E-state index in [9.17, 15) is 0 Å². The first-order valence-electron chi connectivity index (χ1n) is 2.71. The van der Waals surface area contributed by atoms with Gasteiger partial charge >= 0.3 is 0 Å². The molecule has 0 radical (unpaired) electrons. The van der Waals surface area contributed by atoms with Gasteiger partial charge < -0.3 is 4.42 Å². The summed E-state index contributed by atoms with van der Waals surface area (Å²) in [4.78, 5) is 0. The van der Waals surface area contributed by atoms with Gasteiger partial charge in [0.25, 0.3) is 0 Å². The number of halogens is 1. The van der Waals surface area contributed by atoms with Crippen LogP contribution in [-0.2, 0) is 0 Å². The highest BCUT2D eigenvalue weighted by molar-refractivity contribution is 14.1. The molecule has 0 spiro atoms. The van der Waals surface area contributed by atoms with E-state index in [0.717, 1.165) is 9.53 Å². The standard InChI is InChI=1S/C7H7IO/c1-2-3-6-4-5-7(8)9-6/h2-5H,1H3. The molecule has 0 bridgehead atoms. The molecule has 9 heavy (non-hydrogen) atoms. The van der Waals surface area contributed by atoms with Crippen molar-refractivity contribution in [2.75, 3.05) is 0 Å². The monoisotopic (exact) mass is 234 g/mol. The summed E-state index contributed by atoms with van der Waals surface area (Å²) < 4.78 is 6.15. The number of allylic oxidation sites excluding steroid dienone is 1. The molecule has 0 unspecified atom stereocenters. The normalized spacial score (nSPS) is 10.9. The zero-order valence-corrected chi connectivity index (χ0v) is 7.25. The van der Waals surface area contributed by atoms with E-state index >= 15 is 0 Å². The van der Waals surface area contributed by atoms with Crippen LogP contribution in [0.25, 0.3) is 6.08 Å². The highest BCUT2D eigenvalue weighted by Crippen LogP contribution is 2.10. The fourth-order valence-corrected chi connectivity index (χ4v) is 1.02. The summed E-state index contributed by atoms with van der Waals surface area (Å²) in [6.07, 6.45) is 3.89. The highest BCUT2D eigenvalue weighted by Gasteiger charge is 1.91. The number of hydrogen-bond donors (Lipinski definition) is 0. The summed E-state index contributed by atoms with van der Waals surface area (Å²) in [5.41, 5.74) is 0. The van der Waals surface area contributed by atoms with Crippen molar-refractivity contribution in [1.29, 1.82) is 0 Å². The molecule has 0 N–H and O–H groups in total. The molecule has 48 valence electrons. The van der Waals surface area contributed by atoms with Crippen LogP contribution in [0.4, 0.5) is 0 Å². The average Bonchev–Trinajstić information content (AvgIpc) is 2.17. The zero-order valence-electron chi connectivity index (χ0n) is 5.10. The molecule has 0 saturated carbocycles. The van der Waals surface area contributed by atoms with E-state index in [1.54, 1.807) is 0 Å². The Morgan fingerprint density at radius 3 is 2.78 bits per heavy atom. The van der Waals surface area contributed by atoms with Crippen LogP contribution in [0, 0.1) is 3.77 Å². The van der Waals surface area contributed by atoms with Crippen molar-refractivity contribution >= 4 is 28.7 Å². The fraction of sp³-hybridized carbons (Fsp3) is 0.143. The lowest BCUT2D eigenvalue weighted by atomic mass is 10.4. The lowest BCUT2D eigenvalue weighted by molar-refractivity contribution is 0.528. The molecule has 0 amide bonds. The van der Waals surface area contributed by atoms with Crippen molar-refractivity contribution in [2.24, 2.45) is 0 Å². The van der Waals surface area contributed by atoms with Crippen molar-refractivity contribution in [3.05, 3.63) is 27.7 Å². The smallest absolute Gasteiger partial charge is 0.164 e. The predicted octanol–water partition coefficient (Wildman–Crippen LogP) is 2.92. The molecule has 1 nitrogen and oxygen atoms in total. The van der Waals surface area contributed by atoms with Gasteiger partial charge in [0.2, 0.25) is 0 Å². The van der Waals surface area contributed by atoms with E-state index in [-0.39, 0.29) is 0 Å². The van der Waals surface area contributed by atoms with Gasteiger partial charge in [0, 0.05) is 0 Å². The number of rotatable bonds is 1. The van der Waals surface area contributed by atoms with Gasteiger partial charge in [0.05, 0.1) is 0 Å². The molecule has 0 aliphatic heterocycles. The summed E-state index contributed by atoms with van der Waals surface area (Å²) in [5.74, 6) is 0.918. The molecule has 2 heteroatoms. The van der Waals surface area contributed by atoms with Gasteiger partial charge in [-0.1, -0.05) is 6.08 Å². The maximum absolute atomic E-state index is 5.22. The summed E-state index contributed by atoms with van der Waals surface area (Å²) >= 11 is 2.14. The van der Waals surface area contributed by atoms with Crippen molar-refractivity contribution in [1.82, 2.24) is 0 Å². The van der Waals surface area contributed by atoms with E-state index in [1.807, 2.05) is 31.2 Å². The van der Waals surface area contributed by atoms with E-state index < -0.39 is 0 Å². The first-order valence-corrected chi connectivity index (χ1v) is 3.79. The number of furan rings is 1. The topological polar surface area (TPSA) is 13.1 Å².